The van der Waals surface area contributed by atoms with Crippen molar-refractivity contribution in [1.29, 1.82) is 0 Å². The lowest BCUT2D eigenvalue weighted by molar-refractivity contribution is -0.133. The number of hydrazone groups is 1. The van der Waals surface area contributed by atoms with E-state index in [4.69, 9.17) is 5.11 Å². The van der Waals surface area contributed by atoms with Gasteiger partial charge in [0.15, 0.2) is 0 Å². The van der Waals surface area contributed by atoms with E-state index in [9.17, 15) is 9.59 Å². The van der Waals surface area contributed by atoms with Crippen molar-refractivity contribution < 1.29 is 14.7 Å². The highest BCUT2D eigenvalue weighted by atomic mass is 16.4. The monoisotopic (exact) mass is 246 g/mol. The van der Waals surface area contributed by atoms with Gasteiger partial charge in [-0.05, 0) is 18.1 Å². The third kappa shape index (κ3) is 2.56. The Kier molecular flexibility index (Phi) is 3.41. The molecule has 0 fully saturated rings. The summed E-state index contributed by atoms with van der Waals surface area (Å²) in [5.74, 6) is -1.19. The van der Waals surface area contributed by atoms with E-state index < -0.39 is 5.97 Å². The standard InChI is InChI=1S/C13H14N2O3/c1-9-4-2-3-5-10(9)8-15-12(16)7-6-11(14-15)13(17)18/h2-5H,6-8H2,1H3,(H,17,18). The van der Waals surface area contributed by atoms with E-state index in [0.717, 1.165) is 11.1 Å². The molecule has 1 heterocycles. The molecule has 0 unspecified atom stereocenters. The molecule has 2 rings (SSSR count). The van der Waals surface area contributed by atoms with Crippen LogP contribution in [-0.2, 0) is 16.1 Å². The van der Waals surface area contributed by atoms with Crippen molar-refractivity contribution in [2.45, 2.75) is 26.3 Å². The maximum atomic E-state index is 11.7. The van der Waals surface area contributed by atoms with E-state index in [0.29, 0.717) is 6.54 Å². The first-order chi connectivity index (χ1) is 8.58. The molecule has 1 aliphatic rings. The van der Waals surface area contributed by atoms with E-state index in [2.05, 4.69) is 5.10 Å². The Hall–Kier alpha value is -2.17. The number of aryl methyl sites for hydroxylation is 1. The summed E-state index contributed by atoms with van der Waals surface area (Å²) in [7, 11) is 0. The Balaban J connectivity index is 2.22. The zero-order valence-corrected chi connectivity index (χ0v) is 10.1. The minimum atomic E-state index is -1.06. The molecule has 1 aromatic rings. The van der Waals surface area contributed by atoms with Gasteiger partial charge in [0.1, 0.15) is 5.71 Å². The van der Waals surface area contributed by atoms with Crippen LogP contribution in [0.15, 0.2) is 29.4 Å². The molecule has 0 saturated carbocycles. The lowest BCUT2D eigenvalue weighted by Crippen LogP contribution is -2.34. The van der Waals surface area contributed by atoms with Gasteiger partial charge < -0.3 is 5.11 Å². The predicted octanol–water partition coefficient (Wildman–Crippen LogP) is 1.56. The summed E-state index contributed by atoms with van der Waals surface area (Å²) in [6.07, 6.45) is 0.412. The minimum absolute atomic E-state index is 0.0446. The number of nitrogens with zero attached hydrogens (tertiary/aromatic N) is 2. The molecule has 5 nitrogen and oxygen atoms in total. The Labute approximate surface area is 105 Å². The molecular weight excluding hydrogens is 232 g/mol. The highest BCUT2D eigenvalue weighted by Crippen LogP contribution is 2.16. The molecule has 0 atom stereocenters. The molecule has 94 valence electrons. The fourth-order valence-corrected chi connectivity index (χ4v) is 1.83. The molecule has 1 amide bonds. The normalized spacial score (nSPS) is 15.5. The summed E-state index contributed by atoms with van der Waals surface area (Å²) in [5.41, 5.74) is 2.08. The van der Waals surface area contributed by atoms with Crippen molar-refractivity contribution >= 4 is 17.6 Å². The smallest absolute Gasteiger partial charge is 0.352 e. The number of aliphatic carboxylic acids is 1. The van der Waals surface area contributed by atoms with Crippen LogP contribution in [0.25, 0.3) is 0 Å². The van der Waals surface area contributed by atoms with Crippen LogP contribution in [0.3, 0.4) is 0 Å². The second-order valence-electron chi connectivity index (χ2n) is 4.23. The van der Waals surface area contributed by atoms with Gasteiger partial charge in [0.05, 0.1) is 6.54 Å². The first-order valence-electron chi connectivity index (χ1n) is 5.73. The second kappa shape index (κ2) is 5.00. The fraction of sp³-hybridized carbons (Fsp3) is 0.308. The van der Waals surface area contributed by atoms with Gasteiger partial charge >= 0.3 is 5.97 Å². The number of amides is 1. The van der Waals surface area contributed by atoms with Gasteiger partial charge in [-0.15, -0.1) is 0 Å². The first kappa shape index (κ1) is 12.3. The molecule has 0 bridgehead atoms. The molecule has 18 heavy (non-hydrogen) atoms. The summed E-state index contributed by atoms with van der Waals surface area (Å²) in [6, 6.07) is 7.67. The second-order valence-corrected chi connectivity index (χ2v) is 4.23. The van der Waals surface area contributed by atoms with E-state index in [1.54, 1.807) is 0 Å². The number of benzene rings is 1. The maximum Gasteiger partial charge on any atom is 0.352 e. The van der Waals surface area contributed by atoms with Crippen LogP contribution in [0, 0.1) is 6.92 Å². The molecule has 1 aliphatic heterocycles. The molecule has 0 saturated heterocycles. The first-order valence-corrected chi connectivity index (χ1v) is 5.73. The number of carbonyl (C=O) groups is 2. The van der Waals surface area contributed by atoms with Crippen LogP contribution in [0.1, 0.15) is 24.0 Å². The third-order valence-corrected chi connectivity index (χ3v) is 2.93. The van der Waals surface area contributed by atoms with Crippen LogP contribution in [-0.4, -0.2) is 27.7 Å². The minimum Gasteiger partial charge on any atom is -0.477 e. The van der Waals surface area contributed by atoms with E-state index in [1.807, 2.05) is 31.2 Å². The lowest BCUT2D eigenvalue weighted by atomic mass is 10.1. The highest BCUT2D eigenvalue weighted by molar-refractivity contribution is 6.36. The van der Waals surface area contributed by atoms with Gasteiger partial charge in [-0.25, -0.2) is 9.80 Å². The van der Waals surface area contributed by atoms with Gasteiger partial charge in [-0.2, -0.15) is 5.10 Å². The van der Waals surface area contributed by atoms with Gasteiger partial charge in [0.25, 0.3) is 0 Å². The van der Waals surface area contributed by atoms with Crippen LogP contribution < -0.4 is 0 Å². The van der Waals surface area contributed by atoms with Crippen molar-refractivity contribution in [3.05, 3.63) is 35.4 Å². The molecule has 1 aromatic carbocycles. The zero-order chi connectivity index (χ0) is 13.1. The van der Waals surface area contributed by atoms with Crippen molar-refractivity contribution in [3.63, 3.8) is 0 Å². The molecule has 0 radical (unpaired) electrons. The number of carboxylic acid groups (broad SMARTS) is 1. The molecule has 1 N–H and O–H groups in total. The number of rotatable bonds is 3. The Morgan fingerprint density at radius 1 is 1.39 bits per heavy atom. The quantitative estimate of drug-likeness (QED) is 0.879. The largest absolute Gasteiger partial charge is 0.477 e. The Morgan fingerprint density at radius 2 is 2.11 bits per heavy atom. The van der Waals surface area contributed by atoms with E-state index in [-0.39, 0.29) is 24.5 Å². The molecule has 0 aliphatic carbocycles. The lowest BCUT2D eigenvalue weighted by Gasteiger charge is -2.22. The van der Waals surface area contributed by atoms with Gasteiger partial charge in [-0.3, -0.25) is 4.79 Å². The van der Waals surface area contributed by atoms with Gasteiger partial charge in [0, 0.05) is 12.8 Å². The molecule has 0 spiro atoms. The van der Waals surface area contributed by atoms with Gasteiger partial charge in [0.2, 0.25) is 5.91 Å². The highest BCUT2D eigenvalue weighted by Gasteiger charge is 2.24. The SMILES string of the molecule is Cc1ccccc1CN1N=C(C(=O)O)CCC1=O. The Morgan fingerprint density at radius 3 is 2.78 bits per heavy atom. The van der Waals surface area contributed by atoms with Gasteiger partial charge in [-0.1, -0.05) is 24.3 Å². The topological polar surface area (TPSA) is 70.0 Å². The van der Waals surface area contributed by atoms with Crippen molar-refractivity contribution in [1.82, 2.24) is 5.01 Å². The maximum absolute atomic E-state index is 11.7. The molecule has 5 heteroatoms. The molecule has 0 aromatic heterocycles. The number of hydrogen-bond acceptors (Lipinski definition) is 3. The number of hydrogen-bond donors (Lipinski definition) is 1. The summed E-state index contributed by atoms with van der Waals surface area (Å²) >= 11 is 0. The average molecular weight is 246 g/mol. The zero-order valence-electron chi connectivity index (χ0n) is 10.1. The summed E-state index contributed by atoms with van der Waals surface area (Å²) < 4.78 is 0. The third-order valence-electron chi connectivity index (χ3n) is 2.93. The predicted molar refractivity (Wildman–Crippen MR) is 66.0 cm³/mol. The van der Waals surface area contributed by atoms with Crippen molar-refractivity contribution in [3.8, 4) is 0 Å². The number of carboxylic acids is 1. The van der Waals surface area contributed by atoms with Crippen LogP contribution >= 0.6 is 0 Å². The van der Waals surface area contributed by atoms with Crippen LogP contribution in [0.4, 0.5) is 0 Å². The number of carbonyl (C=O) groups excluding carboxylic acids is 1. The summed E-state index contributed by atoms with van der Waals surface area (Å²) in [4.78, 5) is 22.6. The summed E-state index contributed by atoms with van der Waals surface area (Å²) in [6.45, 7) is 2.27. The van der Waals surface area contributed by atoms with Crippen molar-refractivity contribution in [2.75, 3.05) is 0 Å². The van der Waals surface area contributed by atoms with Crippen molar-refractivity contribution in [2.24, 2.45) is 5.10 Å². The average Bonchev–Trinajstić information content (AvgIpc) is 2.34. The Bertz CT molecular complexity index is 523. The van der Waals surface area contributed by atoms with Crippen LogP contribution in [0.5, 0.6) is 0 Å². The fourth-order valence-electron chi connectivity index (χ4n) is 1.83. The summed E-state index contributed by atoms with van der Waals surface area (Å²) in [5, 5.41) is 14.0. The van der Waals surface area contributed by atoms with E-state index in [1.165, 1.54) is 5.01 Å². The van der Waals surface area contributed by atoms with Crippen LogP contribution in [0.2, 0.25) is 0 Å². The molecular formula is C13H14N2O3. The van der Waals surface area contributed by atoms with E-state index >= 15 is 0 Å².